The maximum atomic E-state index is 5.64. The van der Waals surface area contributed by atoms with Crippen molar-refractivity contribution < 1.29 is 4.74 Å². The minimum atomic E-state index is 0. The molecule has 6 heteroatoms. The molecule has 0 spiro atoms. The van der Waals surface area contributed by atoms with E-state index in [2.05, 4.69) is 29.6 Å². The molecule has 1 aliphatic carbocycles. The Balaban J connectivity index is 0.00000176. The van der Waals surface area contributed by atoms with E-state index in [1.54, 1.807) is 0 Å². The van der Waals surface area contributed by atoms with Crippen LogP contribution < -0.4 is 10.6 Å². The number of aromatic nitrogens is 2. The lowest BCUT2D eigenvalue weighted by molar-refractivity contribution is 0.0524. The van der Waals surface area contributed by atoms with Crippen LogP contribution in [0.15, 0.2) is 0 Å². The van der Waals surface area contributed by atoms with E-state index in [1.165, 1.54) is 30.5 Å². The highest BCUT2D eigenvalue weighted by Crippen LogP contribution is 2.30. The third-order valence-electron chi connectivity index (χ3n) is 5.24. The summed E-state index contributed by atoms with van der Waals surface area (Å²) in [6.07, 6.45) is 3.91. The Kier molecular flexibility index (Phi) is 6.26. The third kappa shape index (κ3) is 3.65. The summed E-state index contributed by atoms with van der Waals surface area (Å²) in [5, 5.41) is 11.9. The van der Waals surface area contributed by atoms with Gasteiger partial charge in [-0.25, -0.2) is 0 Å². The SMILES string of the molecule is Cc1nn(C)c(C)c1CNC1CCCC1C1COCCN1.Cl. The van der Waals surface area contributed by atoms with Crippen LogP contribution in [-0.4, -0.2) is 41.6 Å². The van der Waals surface area contributed by atoms with Gasteiger partial charge < -0.3 is 15.4 Å². The maximum absolute atomic E-state index is 5.64. The zero-order valence-electron chi connectivity index (χ0n) is 13.9. The van der Waals surface area contributed by atoms with Gasteiger partial charge in [0, 0.05) is 43.5 Å². The van der Waals surface area contributed by atoms with Crippen LogP contribution >= 0.6 is 12.4 Å². The van der Waals surface area contributed by atoms with Gasteiger partial charge in [-0.1, -0.05) is 6.42 Å². The van der Waals surface area contributed by atoms with Crippen molar-refractivity contribution in [3.63, 3.8) is 0 Å². The Labute approximate surface area is 139 Å². The molecule has 0 bridgehead atoms. The molecule has 0 aromatic carbocycles. The van der Waals surface area contributed by atoms with Crippen LogP contribution in [0.3, 0.4) is 0 Å². The Morgan fingerprint density at radius 1 is 1.36 bits per heavy atom. The van der Waals surface area contributed by atoms with Gasteiger partial charge in [0.05, 0.1) is 18.9 Å². The van der Waals surface area contributed by atoms with Gasteiger partial charge in [0.25, 0.3) is 0 Å². The summed E-state index contributed by atoms with van der Waals surface area (Å²) >= 11 is 0. The lowest BCUT2D eigenvalue weighted by atomic mass is 9.94. The van der Waals surface area contributed by atoms with Crippen LogP contribution in [0.2, 0.25) is 0 Å². The number of hydrogen-bond donors (Lipinski definition) is 2. The number of nitrogens with one attached hydrogen (secondary N) is 2. The second-order valence-electron chi connectivity index (χ2n) is 6.49. The summed E-state index contributed by atoms with van der Waals surface area (Å²) in [5.74, 6) is 0.697. The number of nitrogens with zero attached hydrogens (tertiary/aromatic N) is 2. The first-order valence-corrected chi connectivity index (χ1v) is 8.20. The van der Waals surface area contributed by atoms with E-state index < -0.39 is 0 Å². The van der Waals surface area contributed by atoms with Crippen LogP contribution in [0.1, 0.15) is 36.2 Å². The second-order valence-corrected chi connectivity index (χ2v) is 6.49. The zero-order chi connectivity index (χ0) is 14.8. The van der Waals surface area contributed by atoms with Crippen LogP contribution in [0.4, 0.5) is 0 Å². The molecule has 126 valence electrons. The van der Waals surface area contributed by atoms with Gasteiger partial charge in [-0.05, 0) is 32.6 Å². The molecular weight excluding hydrogens is 300 g/mol. The predicted octanol–water partition coefficient (Wildman–Crippen LogP) is 1.71. The standard InChI is InChI=1S/C16H28N4O.ClH/c1-11-14(12(2)20(3)19-11)9-18-15-6-4-5-13(15)16-10-21-8-7-17-16;/h13,15-18H,4-10H2,1-3H3;1H. The predicted molar refractivity (Wildman–Crippen MR) is 90.5 cm³/mol. The van der Waals surface area contributed by atoms with Crippen molar-refractivity contribution >= 4 is 12.4 Å². The number of halogens is 1. The summed E-state index contributed by atoms with van der Waals surface area (Å²) in [6, 6.07) is 1.12. The van der Waals surface area contributed by atoms with Crippen molar-refractivity contribution in [2.75, 3.05) is 19.8 Å². The zero-order valence-corrected chi connectivity index (χ0v) is 14.7. The van der Waals surface area contributed by atoms with Crippen molar-refractivity contribution in [2.24, 2.45) is 13.0 Å². The average Bonchev–Trinajstić information content (AvgIpc) is 3.04. The molecule has 2 aliphatic rings. The van der Waals surface area contributed by atoms with Crippen molar-refractivity contribution in [2.45, 2.75) is 51.7 Å². The Hall–Kier alpha value is -0.620. The monoisotopic (exact) mass is 328 g/mol. The number of aryl methyl sites for hydroxylation is 2. The molecular formula is C16H29ClN4O. The van der Waals surface area contributed by atoms with Gasteiger partial charge in [-0.2, -0.15) is 5.10 Å². The molecule has 2 N–H and O–H groups in total. The van der Waals surface area contributed by atoms with Crippen molar-refractivity contribution in [1.82, 2.24) is 20.4 Å². The molecule has 3 unspecified atom stereocenters. The highest BCUT2D eigenvalue weighted by molar-refractivity contribution is 5.85. The molecule has 0 amide bonds. The van der Waals surface area contributed by atoms with Crippen molar-refractivity contribution in [3.8, 4) is 0 Å². The fraction of sp³-hybridized carbons (Fsp3) is 0.812. The van der Waals surface area contributed by atoms with Gasteiger partial charge in [0.15, 0.2) is 0 Å². The molecule has 2 fully saturated rings. The average molecular weight is 329 g/mol. The summed E-state index contributed by atoms with van der Waals surface area (Å²) in [4.78, 5) is 0. The Morgan fingerprint density at radius 3 is 2.82 bits per heavy atom. The Morgan fingerprint density at radius 2 is 2.18 bits per heavy atom. The minimum Gasteiger partial charge on any atom is -0.379 e. The van der Waals surface area contributed by atoms with Crippen LogP contribution in [0.25, 0.3) is 0 Å². The maximum Gasteiger partial charge on any atom is 0.0641 e. The molecule has 1 aromatic rings. The van der Waals surface area contributed by atoms with Gasteiger partial charge in [0.2, 0.25) is 0 Å². The third-order valence-corrected chi connectivity index (χ3v) is 5.24. The Bertz CT molecular complexity index is 485. The van der Waals surface area contributed by atoms with E-state index in [1.807, 2.05) is 11.7 Å². The highest BCUT2D eigenvalue weighted by Gasteiger charge is 2.34. The molecule has 3 rings (SSSR count). The summed E-state index contributed by atoms with van der Waals surface area (Å²) < 4.78 is 7.62. The summed E-state index contributed by atoms with van der Waals surface area (Å²) in [7, 11) is 2.02. The normalized spacial score (nSPS) is 28.6. The van der Waals surface area contributed by atoms with E-state index in [9.17, 15) is 0 Å². The molecule has 1 saturated carbocycles. The second kappa shape index (κ2) is 7.77. The number of ether oxygens (including phenoxy) is 1. The summed E-state index contributed by atoms with van der Waals surface area (Å²) in [6.45, 7) is 7.91. The fourth-order valence-electron chi connectivity index (χ4n) is 3.89. The van der Waals surface area contributed by atoms with Gasteiger partial charge in [-0.3, -0.25) is 4.68 Å². The molecule has 0 radical (unpaired) electrons. The topological polar surface area (TPSA) is 51.1 Å². The molecule has 5 nitrogen and oxygen atoms in total. The van der Waals surface area contributed by atoms with E-state index >= 15 is 0 Å². The first-order chi connectivity index (χ1) is 10.2. The molecule has 2 heterocycles. The largest absolute Gasteiger partial charge is 0.379 e. The van der Waals surface area contributed by atoms with E-state index in [0.717, 1.165) is 32.0 Å². The van der Waals surface area contributed by atoms with Crippen LogP contribution in [0, 0.1) is 19.8 Å². The molecule has 1 aliphatic heterocycles. The van der Waals surface area contributed by atoms with Gasteiger partial charge in [-0.15, -0.1) is 12.4 Å². The van der Waals surface area contributed by atoms with E-state index in [-0.39, 0.29) is 12.4 Å². The molecule has 22 heavy (non-hydrogen) atoms. The number of morpholine rings is 1. The highest BCUT2D eigenvalue weighted by atomic mass is 35.5. The number of hydrogen-bond acceptors (Lipinski definition) is 4. The van der Waals surface area contributed by atoms with Crippen LogP contribution in [-0.2, 0) is 18.3 Å². The molecule has 1 saturated heterocycles. The van der Waals surface area contributed by atoms with E-state index in [0.29, 0.717) is 18.0 Å². The van der Waals surface area contributed by atoms with Crippen LogP contribution in [0.5, 0.6) is 0 Å². The molecule has 3 atom stereocenters. The molecule has 1 aromatic heterocycles. The quantitative estimate of drug-likeness (QED) is 0.883. The van der Waals surface area contributed by atoms with E-state index in [4.69, 9.17) is 4.74 Å². The van der Waals surface area contributed by atoms with Gasteiger partial charge in [0.1, 0.15) is 0 Å². The lowest BCUT2D eigenvalue weighted by Gasteiger charge is -2.33. The van der Waals surface area contributed by atoms with Crippen molar-refractivity contribution in [3.05, 3.63) is 17.0 Å². The minimum absolute atomic E-state index is 0. The lowest BCUT2D eigenvalue weighted by Crippen LogP contribution is -2.50. The van der Waals surface area contributed by atoms with Crippen molar-refractivity contribution in [1.29, 1.82) is 0 Å². The summed E-state index contributed by atoms with van der Waals surface area (Å²) in [5.41, 5.74) is 3.78. The first-order valence-electron chi connectivity index (χ1n) is 8.20. The smallest absolute Gasteiger partial charge is 0.0641 e. The van der Waals surface area contributed by atoms with Gasteiger partial charge >= 0.3 is 0 Å². The fourth-order valence-corrected chi connectivity index (χ4v) is 3.89. The first kappa shape index (κ1) is 17.7. The number of rotatable bonds is 4.